The monoisotopic (exact) mass is 125 g/mol. The van der Waals surface area contributed by atoms with Crippen molar-refractivity contribution in [2.75, 3.05) is 0 Å². The number of rotatable bonds is 2. The highest BCUT2D eigenvalue weighted by molar-refractivity contribution is 4.62. The highest BCUT2D eigenvalue weighted by Gasteiger charge is 1.98. The third kappa shape index (κ3) is 1.28. The molecule has 0 bridgehead atoms. The van der Waals surface area contributed by atoms with Crippen molar-refractivity contribution in [2.45, 2.75) is 26.3 Å². The molecule has 0 radical (unpaired) electrons. The van der Waals surface area contributed by atoms with Crippen LogP contribution in [0.2, 0.25) is 0 Å². The highest BCUT2D eigenvalue weighted by atomic mass is 15.3. The van der Waals surface area contributed by atoms with E-state index in [0.29, 0.717) is 6.04 Å². The molecule has 0 aliphatic heterocycles. The molecule has 1 aromatic rings. The molecular weight excluding hydrogens is 114 g/mol. The first-order valence-corrected chi connectivity index (χ1v) is 3.18. The van der Waals surface area contributed by atoms with E-state index in [1.54, 1.807) is 12.7 Å². The quantitative estimate of drug-likeness (QED) is 0.595. The van der Waals surface area contributed by atoms with Crippen molar-refractivity contribution in [3.63, 3.8) is 0 Å². The van der Waals surface area contributed by atoms with E-state index in [0.717, 1.165) is 6.42 Å². The minimum atomic E-state index is 0.479. The summed E-state index contributed by atoms with van der Waals surface area (Å²) in [4.78, 5) is 3.84. The zero-order valence-corrected chi connectivity index (χ0v) is 5.78. The van der Waals surface area contributed by atoms with E-state index in [1.165, 1.54) is 0 Å². The number of aromatic nitrogens is 3. The van der Waals surface area contributed by atoms with Gasteiger partial charge < -0.3 is 0 Å². The second kappa shape index (κ2) is 2.62. The van der Waals surface area contributed by atoms with Crippen LogP contribution in [0.1, 0.15) is 26.3 Å². The van der Waals surface area contributed by atoms with Crippen molar-refractivity contribution in [2.24, 2.45) is 0 Å². The van der Waals surface area contributed by atoms with Gasteiger partial charge in [-0.3, -0.25) is 4.68 Å². The molecule has 50 valence electrons. The van der Waals surface area contributed by atoms with Crippen molar-refractivity contribution < 1.29 is 0 Å². The summed E-state index contributed by atoms with van der Waals surface area (Å²) in [5.41, 5.74) is 0. The summed E-state index contributed by atoms with van der Waals surface area (Å²) in [7, 11) is 0. The zero-order chi connectivity index (χ0) is 6.69. The highest BCUT2D eigenvalue weighted by Crippen LogP contribution is 2.04. The van der Waals surface area contributed by atoms with E-state index in [2.05, 4.69) is 23.9 Å². The Bertz CT molecular complexity index is 157. The van der Waals surface area contributed by atoms with Crippen molar-refractivity contribution in [3.8, 4) is 0 Å². The minimum absolute atomic E-state index is 0.479. The molecule has 0 amide bonds. The summed E-state index contributed by atoms with van der Waals surface area (Å²) >= 11 is 0. The maximum Gasteiger partial charge on any atom is 0.137 e. The third-order valence-electron chi connectivity index (χ3n) is 1.48. The van der Waals surface area contributed by atoms with E-state index < -0.39 is 0 Å². The largest absolute Gasteiger partial charge is 0.250 e. The molecule has 0 aliphatic carbocycles. The Morgan fingerprint density at radius 2 is 2.44 bits per heavy atom. The van der Waals surface area contributed by atoms with Crippen LogP contribution in [0.5, 0.6) is 0 Å². The number of hydrogen-bond donors (Lipinski definition) is 0. The SMILES string of the molecule is CC[C@H](C)n1cncn1. The summed E-state index contributed by atoms with van der Waals surface area (Å²) in [5.74, 6) is 0. The lowest BCUT2D eigenvalue weighted by Gasteiger charge is -2.05. The minimum Gasteiger partial charge on any atom is -0.250 e. The number of hydrogen-bond acceptors (Lipinski definition) is 2. The van der Waals surface area contributed by atoms with Gasteiger partial charge in [-0.25, -0.2) is 4.98 Å². The lowest BCUT2D eigenvalue weighted by molar-refractivity contribution is 0.476. The van der Waals surface area contributed by atoms with E-state index >= 15 is 0 Å². The Balaban J connectivity index is 2.65. The van der Waals surface area contributed by atoms with Crippen molar-refractivity contribution >= 4 is 0 Å². The second-order valence-electron chi connectivity index (χ2n) is 2.13. The molecule has 0 spiro atoms. The van der Waals surface area contributed by atoms with Gasteiger partial charge in [-0.2, -0.15) is 5.10 Å². The normalized spacial score (nSPS) is 13.6. The summed E-state index contributed by atoms with van der Waals surface area (Å²) in [5, 5.41) is 3.99. The van der Waals surface area contributed by atoms with E-state index in [-0.39, 0.29) is 0 Å². The molecular formula is C6H11N3. The molecule has 1 aromatic heterocycles. The van der Waals surface area contributed by atoms with E-state index in [9.17, 15) is 0 Å². The van der Waals surface area contributed by atoms with Crippen LogP contribution < -0.4 is 0 Å². The van der Waals surface area contributed by atoms with Gasteiger partial charge in [0.1, 0.15) is 12.7 Å². The van der Waals surface area contributed by atoms with Gasteiger partial charge in [0.2, 0.25) is 0 Å². The molecule has 9 heavy (non-hydrogen) atoms. The van der Waals surface area contributed by atoms with Crippen LogP contribution >= 0.6 is 0 Å². The summed E-state index contributed by atoms with van der Waals surface area (Å²) in [6.45, 7) is 4.25. The first-order chi connectivity index (χ1) is 4.34. The second-order valence-corrected chi connectivity index (χ2v) is 2.13. The molecule has 1 atom stereocenters. The molecule has 1 rings (SSSR count). The molecule has 3 nitrogen and oxygen atoms in total. The predicted molar refractivity (Wildman–Crippen MR) is 35.0 cm³/mol. The first-order valence-electron chi connectivity index (χ1n) is 3.18. The molecule has 0 fully saturated rings. The zero-order valence-electron chi connectivity index (χ0n) is 5.78. The topological polar surface area (TPSA) is 30.7 Å². The molecule has 1 heterocycles. The summed E-state index contributed by atoms with van der Waals surface area (Å²) in [6.07, 6.45) is 4.41. The van der Waals surface area contributed by atoms with E-state index in [1.807, 2.05) is 4.68 Å². The van der Waals surface area contributed by atoms with Crippen molar-refractivity contribution in [1.82, 2.24) is 14.8 Å². The fraction of sp³-hybridized carbons (Fsp3) is 0.667. The Kier molecular flexibility index (Phi) is 1.82. The van der Waals surface area contributed by atoms with Crippen LogP contribution in [0, 0.1) is 0 Å². The molecule has 0 aromatic carbocycles. The molecule has 3 heteroatoms. The Labute approximate surface area is 54.7 Å². The molecule has 0 unspecified atom stereocenters. The van der Waals surface area contributed by atoms with Gasteiger partial charge >= 0.3 is 0 Å². The van der Waals surface area contributed by atoms with Gasteiger partial charge in [0.15, 0.2) is 0 Å². The standard InChI is InChI=1S/C6H11N3/c1-3-6(2)9-5-7-4-8-9/h4-6H,3H2,1-2H3/t6-/m0/s1. The average Bonchev–Trinajstić information content (AvgIpc) is 2.37. The molecule has 0 N–H and O–H groups in total. The third-order valence-corrected chi connectivity index (χ3v) is 1.48. The Morgan fingerprint density at radius 3 is 2.89 bits per heavy atom. The predicted octanol–water partition coefficient (Wildman–Crippen LogP) is 1.25. The smallest absolute Gasteiger partial charge is 0.137 e. The van der Waals surface area contributed by atoms with Crippen LogP contribution in [-0.2, 0) is 0 Å². The van der Waals surface area contributed by atoms with Crippen LogP contribution in [0.25, 0.3) is 0 Å². The maximum atomic E-state index is 3.99. The average molecular weight is 125 g/mol. The molecule has 0 saturated heterocycles. The lowest BCUT2D eigenvalue weighted by Crippen LogP contribution is -2.03. The van der Waals surface area contributed by atoms with Crippen LogP contribution in [0.4, 0.5) is 0 Å². The molecule has 0 saturated carbocycles. The summed E-state index contributed by atoms with van der Waals surface area (Å²) < 4.78 is 1.86. The van der Waals surface area contributed by atoms with Crippen LogP contribution in [-0.4, -0.2) is 14.8 Å². The van der Waals surface area contributed by atoms with Gasteiger partial charge in [-0.1, -0.05) is 6.92 Å². The Hall–Kier alpha value is -0.860. The van der Waals surface area contributed by atoms with Gasteiger partial charge in [-0.05, 0) is 13.3 Å². The number of nitrogens with zero attached hydrogens (tertiary/aromatic N) is 3. The van der Waals surface area contributed by atoms with E-state index in [4.69, 9.17) is 0 Å². The fourth-order valence-electron chi connectivity index (χ4n) is 0.632. The Morgan fingerprint density at radius 1 is 1.67 bits per heavy atom. The first kappa shape index (κ1) is 6.26. The van der Waals surface area contributed by atoms with Gasteiger partial charge in [0.25, 0.3) is 0 Å². The lowest BCUT2D eigenvalue weighted by atomic mass is 10.3. The van der Waals surface area contributed by atoms with Crippen molar-refractivity contribution in [3.05, 3.63) is 12.7 Å². The van der Waals surface area contributed by atoms with Crippen LogP contribution in [0.15, 0.2) is 12.7 Å². The fourth-order valence-corrected chi connectivity index (χ4v) is 0.632. The van der Waals surface area contributed by atoms with Gasteiger partial charge in [0.05, 0.1) is 6.04 Å². The summed E-state index contributed by atoms with van der Waals surface area (Å²) in [6, 6.07) is 0.479. The maximum absolute atomic E-state index is 3.99. The van der Waals surface area contributed by atoms with Gasteiger partial charge in [-0.15, -0.1) is 0 Å². The van der Waals surface area contributed by atoms with Crippen molar-refractivity contribution in [1.29, 1.82) is 0 Å². The molecule has 0 aliphatic rings. The van der Waals surface area contributed by atoms with Crippen LogP contribution in [0.3, 0.4) is 0 Å². The van der Waals surface area contributed by atoms with Gasteiger partial charge in [0, 0.05) is 0 Å².